The maximum absolute atomic E-state index is 5.05. The fourth-order valence-corrected chi connectivity index (χ4v) is 3.98. The van der Waals surface area contributed by atoms with Crippen LogP contribution in [0.1, 0.15) is 0 Å². The fraction of sp³-hybridized carbons (Fsp3) is 0. The molecule has 2 nitrogen and oxygen atoms in total. The summed E-state index contributed by atoms with van der Waals surface area (Å²) >= 11 is 0. The van der Waals surface area contributed by atoms with Gasteiger partial charge in [-0.15, -0.1) is 71.8 Å². The molecule has 0 aliphatic carbocycles. The minimum Gasteiger partial charge on any atom is -0.296 e. The Hall–Kier alpha value is -3.35. The van der Waals surface area contributed by atoms with Crippen LogP contribution in [0.5, 0.6) is 0 Å². The molecule has 0 saturated heterocycles. The van der Waals surface area contributed by atoms with E-state index >= 15 is 0 Å². The SMILES string of the molecule is [Pt+2].[c-]1ccccc1-c1ccc2ccc3ccc4ccc(-c5[c-]cccc5)nc4c3c2n1. The molecule has 0 N–H and O–H groups in total. The Balaban J connectivity index is 0.00000204. The van der Waals surface area contributed by atoms with Gasteiger partial charge in [0.25, 0.3) is 0 Å². The van der Waals surface area contributed by atoms with Crippen LogP contribution >= 0.6 is 0 Å². The number of aromatic nitrogens is 2. The Morgan fingerprint density at radius 1 is 0.484 bits per heavy atom. The van der Waals surface area contributed by atoms with Crippen LogP contribution in [0.4, 0.5) is 0 Å². The van der Waals surface area contributed by atoms with Crippen LogP contribution in [0.3, 0.4) is 0 Å². The van der Waals surface area contributed by atoms with Crippen LogP contribution in [0.25, 0.3) is 55.1 Å². The Kier molecular flexibility index (Phi) is 5.09. The van der Waals surface area contributed by atoms with E-state index in [1.165, 1.54) is 0 Å². The third-order valence-electron chi connectivity index (χ3n) is 5.47. The molecule has 0 radical (unpaired) electrons. The molecule has 0 fully saturated rings. The van der Waals surface area contributed by atoms with Crippen molar-refractivity contribution in [2.45, 2.75) is 0 Å². The number of fused-ring (bicyclic) bond motifs is 5. The molecular formula is C28H16N2Pt. The van der Waals surface area contributed by atoms with Gasteiger partial charge in [-0.25, -0.2) is 0 Å². The molecule has 0 unspecified atom stereocenters. The summed E-state index contributed by atoms with van der Waals surface area (Å²) in [4.78, 5) is 10.1. The van der Waals surface area contributed by atoms with E-state index in [-0.39, 0.29) is 21.1 Å². The predicted molar refractivity (Wildman–Crippen MR) is 123 cm³/mol. The molecule has 0 spiro atoms. The molecule has 0 amide bonds. The van der Waals surface area contributed by atoms with E-state index in [4.69, 9.17) is 9.97 Å². The zero-order chi connectivity index (χ0) is 19.9. The number of hydrogen-bond acceptors (Lipinski definition) is 2. The standard InChI is InChI=1S/C28H16N2.Pt/c1-3-7-19(8-4-1)24-17-15-22-13-11-21-12-14-23-16-18-25(20-9-5-2-6-10-20)30-28(23)26(21)27(22)29-24;/h1-7,9,11-18H;/q-2;+2. The van der Waals surface area contributed by atoms with E-state index in [1.54, 1.807) is 0 Å². The van der Waals surface area contributed by atoms with Crippen molar-refractivity contribution in [1.29, 1.82) is 0 Å². The molecule has 4 aromatic carbocycles. The minimum atomic E-state index is 0. The van der Waals surface area contributed by atoms with E-state index < -0.39 is 0 Å². The van der Waals surface area contributed by atoms with Crippen LogP contribution in [0.15, 0.2) is 97.1 Å². The van der Waals surface area contributed by atoms with Gasteiger partial charge >= 0.3 is 21.1 Å². The second-order valence-corrected chi connectivity index (χ2v) is 7.32. The van der Waals surface area contributed by atoms with Crippen molar-refractivity contribution in [2.24, 2.45) is 0 Å². The first-order valence-electron chi connectivity index (χ1n) is 9.94. The molecule has 2 heterocycles. The molecule has 0 bridgehead atoms. The first kappa shape index (κ1) is 19.6. The quantitative estimate of drug-likeness (QED) is 0.166. The number of rotatable bonds is 2. The Morgan fingerprint density at radius 3 is 1.39 bits per heavy atom. The molecule has 0 atom stereocenters. The van der Waals surface area contributed by atoms with Crippen LogP contribution < -0.4 is 0 Å². The van der Waals surface area contributed by atoms with Crippen molar-refractivity contribution in [2.75, 3.05) is 0 Å². The van der Waals surface area contributed by atoms with E-state index in [0.717, 1.165) is 55.1 Å². The van der Waals surface area contributed by atoms with Crippen LogP contribution in [0.2, 0.25) is 0 Å². The number of benzene rings is 4. The van der Waals surface area contributed by atoms with Crippen molar-refractivity contribution >= 4 is 32.6 Å². The summed E-state index contributed by atoms with van der Waals surface area (Å²) in [6, 6.07) is 39.4. The van der Waals surface area contributed by atoms with Gasteiger partial charge in [0.2, 0.25) is 0 Å². The van der Waals surface area contributed by atoms with Gasteiger partial charge in [-0.1, -0.05) is 48.5 Å². The molecule has 3 heteroatoms. The number of pyridine rings is 2. The summed E-state index contributed by atoms with van der Waals surface area (Å²) < 4.78 is 0. The summed E-state index contributed by atoms with van der Waals surface area (Å²) in [5.41, 5.74) is 5.75. The monoisotopic (exact) mass is 575 g/mol. The van der Waals surface area contributed by atoms with E-state index in [9.17, 15) is 0 Å². The number of hydrogen-bond donors (Lipinski definition) is 0. The number of nitrogens with zero attached hydrogens (tertiary/aromatic N) is 2. The molecule has 6 aromatic rings. The van der Waals surface area contributed by atoms with Crippen molar-refractivity contribution in [3.05, 3.63) is 109 Å². The van der Waals surface area contributed by atoms with Crippen LogP contribution in [0, 0.1) is 12.1 Å². The second-order valence-electron chi connectivity index (χ2n) is 7.32. The van der Waals surface area contributed by atoms with Gasteiger partial charge in [-0.3, -0.25) is 9.97 Å². The van der Waals surface area contributed by atoms with E-state index in [0.29, 0.717) is 0 Å². The molecule has 2 aromatic heterocycles. The Bertz CT molecular complexity index is 1410. The Morgan fingerprint density at radius 2 is 0.935 bits per heavy atom. The molecule has 6 rings (SSSR count). The van der Waals surface area contributed by atoms with Gasteiger partial charge in [0, 0.05) is 5.39 Å². The van der Waals surface area contributed by atoms with Gasteiger partial charge in [-0.05, 0) is 27.5 Å². The smallest absolute Gasteiger partial charge is 0.296 e. The van der Waals surface area contributed by atoms with Crippen LogP contribution in [-0.2, 0) is 21.1 Å². The zero-order valence-electron chi connectivity index (χ0n) is 16.4. The first-order valence-corrected chi connectivity index (χ1v) is 9.94. The summed E-state index contributed by atoms with van der Waals surface area (Å²) in [5, 5.41) is 4.43. The molecular weight excluding hydrogens is 559 g/mol. The van der Waals surface area contributed by atoms with Crippen LogP contribution in [-0.4, -0.2) is 9.97 Å². The van der Waals surface area contributed by atoms with Gasteiger partial charge in [0.1, 0.15) is 0 Å². The maximum Gasteiger partial charge on any atom is 2.00 e. The van der Waals surface area contributed by atoms with Crippen molar-refractivity contribution in [3.8, 4) is 22.5 Å². The normalized spacial score (nSPS) is 11.0. The predicted octanol–water partition coefficient (Wildman–Crippen LogP) is 6.87. The van der Waals surface area contributed by atoms with E-state index in [1.807, 2.05) is 48.5 Å². The topological polar surface area (TPSA) is 25.8 Å². The summed E-state index contributed by atoms with van der Waals surface area (Å²) in [7, 11) is 0. The largest absolute Gasteiger partial charge is 2.00 e. The van der Waals surface area contributed by atoms with Gasteiger partial charge in [0.15, 0.2) is 0 Å². The average molecular weight is 576 g/mol. The average Bonchev–Trinajstić information content (AvgIpc) is 2.84. The second kappa shape index (κ2) is 8.06. The molecule has 0 aliphatic rings. The van der Waals surface area contributed by atoms with Crippen molar-refractivity contribution in [1.82, 2.24) is 9.97 Å². The minimum absolute atomic E-state index is 0. The van der Waals surface area contributed by atoms with Gasteiger partial charge in [-0.2, -0.15) is 0 Å². The summed E-state index contributed by atoms with van der Waals surface area (Å²) in [6.07, 6.45) is 0. The molecule has 31 heavy (non-hydrogen) atoms. The van der Waals surface area contributed by atoms with Gasteiger partial charge < -0.3 is 0 Å². The van der Waals surface area contributed by atoms with Crippen molar-refractivity contribution in [3.63, 3.8) is 0 Å². The molecule has 148 valence electrons. The third-order valence-corrected chi connectivity index (χ3v) is 5.47. The zero-order valence-corrected chi connectivity index (χ0v) is 18.7. The maximum atomic E-state index is 5.05. The molecule has 0 saturated carbocycles. The van der Waals surface area contributed by atoms with Gasteiger partial charge in [0.05, 0.1) is 11.0 Å². The summed E-state index contributed by atoms with van der Waals surface area (Å²) in [6.45, 7) is 0. The third kappa shape index (κ3) is 3.44. The Labute approximate surface area is 194 Å². The summed E-state index contributed by atoms with van der Waals surface area (Å²) in [5.74, 6) is 0. The molecule has 0 aliphatic heterocycles. The van der Waals surface area contributed by atoms with Crippen molar-refractivity contribution < 1.29 is 21.1 Å². The van der Waals surface area contributed by atoms with E-state index in [2.05, 4.69) is 60.7 Å². The fourth-order valence-electron chi connectivity index (χ4n) is 3.98. The first-order chi connectivity index (χ1) is 14.9.